The van der Waals surface area contributed by atoms with Gasteiger partial charge in [-0.05, 0) is 113 Å². The highest BCUT2D eigenvalue weighted by Gasteiger charge is 2.40. The predicted octanol–water partition coefficient (Wildman–Crippen LogP) is 10.4. The monoisotopic (exact) mass is 512 g/mol. The first-order chi connectivity index (χ1) is 19.3. The smallest absolute Gasteiger partial charge is 0.0159 e. The molecule has 40 heavy (non-hydrogen) atoms. The lowest BCUT2D eigenvalue weighted by atomic mass is 9.76. The number of fused-ring (bicyclic) bond motifs is 13. The van der Waals surface area contributed by atoms with E-state index in [1.165, 1.54) is 88.3 Å². The van der Waals surface area contributed by atoms with Crippen LogP contribution in [-0.2, 0) is 23.7 Å². The van der Waals surface area contributed by atoms with Crippen LogP contribution in [0.25, 0.3) is 54.9 Å². The molecular formula is C40H32. The van der Waals surface area contributed by atoms with Crippen molar-refractivity contribution < 1.29 is 0 Å². The van der Waals surface area contributed by atoms with E-state index in [4.69, 9.17) is 0 Å². The summed E-state index contributed by atoms with van der Waals surface area (Å²) in [6, 6.07) is 37.4. The van der Waals surface area contributed by atoms with Crippen LogP contribution in [0.2, 0.25) is 0 Å². The Morgan fingerprint density at radius 3 is 1.30 bits per heavy atom. The molecule has 0 atom stereocenters. The van der Waals surface area contributed by atoms with Crippen molar-refractivity contribution in [1.29, 1.82) is 0 Å². The maximum absolute atomic E-state index is 2.56. The van der Waals surface area contributed by atoms with E-state index in [2.05, 4.69) is 125 Å². The van der Waals surface area contributed by atoms with E-state index in [1.807, 2.05) is 0 Å². The number of hydrogen-bond donors (Lipinski definition) is 0. The molecule has 0 N–H and O–H groups in total. The summed E-state index contributed by atoms with van der Waals surface area (Å²) in [6.45, 7) is 9.65. The zero-order valence-corrected chi connectivity index (χ0v) is 23.7. The van der Waals surface area contributed by atoms with Crippen LogP contribution in [0.3, 0.4) is 0 Å². The Balaban J connectivity index is 1.29. The highest BCUT2D eigenvalue weighted by molar-refractivity contribution is 6.05. The third-order valence-corrected chi connectivity index (χ3v) is 10.5. The van der Waals surface area contributed by atoms with Gasteiger partial charge in [0, 0.05) is 10.8 Å². The van der Waals surface area contributed by atoms with Gasteiger partial charge in [-0.3, -0.25) is 0 Å². The van der Waals surface area contributed by atoms with Crippen LogP contribution < -0.4 is 0 Å². The first-order valence-electron chi connectivity index (χ1n) is 14.7. The summed E-state index contributed by atoms with van der Waals surface area (Å²) in [7, 11) is 0. The summed E-state index contributed by atoms with van der Waals surface area (Å²) in [5, 5.41) is 5.43. The maximum atomic E-state index is 2.56. The molecule has 0 nitrogen and oxygen atoms in total. The second-order valence-electron chi connectivity index (χ2n) is 13.3. The number of aryl methyl sites for hydroxylation is 2. The average molecular weight is 513 g/mol. The van der Waals surface area contributed by atoms with E-state index in [9.17, 15) is 0 Å². The zero-order valence-electron chi connectivity index (χ0n) is 23.7. The van der Waals surface area contributed by atoms with Crippen LogP contribution >= 0.6 is 0 Å². The molecule has 0 spiro atoms. The number of rotatable bonds is 0. The molecule has 9 rings (SSSR count). The first-order valence-corrected chi connectivity index (χ1v) is 14.7. The third kappa shape index (κ3) is 2.67. The summed E-state index contributed by atoms with van der Waals surface area (Å²) >= 11 is 0. The molecule has 0 saturated carbocycles. The molecule has 6 aromatic rings. The Labute approximate surface area is 236 Å². The fraction of sp³-hybridized carbons (Fsp3) is 0.200. The van der Waals surface area contributed by atoms with Crippen molar-refractivity contribution in [1.82, 2.24) is 0 Å². The number of benzene rings is 6. The molecule has 0 radical (unpaired) electrons. The van der Waals surface area contributed by atoms with Gasteiger partial charge >= 0.3 is 0 Å². The van der Waals surface area contributed by atoms with E-state index < -0.39 is 0 Å². The molecule has 0 saturated heterocycles. The molecule has 3 aliphatic carbocycles. The van der Waals surface area contributed by atoms with Crippen LogP contribution in [-0.4, -0.2) is 0 Å². The van der Waals surface area contributed by atoms with Crippen LogP contribution in [0.15, 0.2) is 97.1 Å². The fourth-order valence-corrected chi connectivity index (χ4v) is 8.38. The second-order valence-corrected chi connectivity index (χ2v) is 13.3. The quantitative estimate of drug-likeness (QED) is 0.190. The van der Waals surface area contributed by atoms with Crippen molar-refractivity contribution in [2.24, 2.45) is 0 Å². The summed E-state index contributed by atoms with van der Waals surface area (Å²) in [5.74, 6) is 0. The molecule has 0 heterocycles. The summed E-state index contributed by atoms with van der Waals surface area (Å²) in [6.07, 6.45) is 2.20. The lowest BCUT2D eigenvalue weighted by molar-refractivity contribution is 0.659. The lowest BCUT2D eigenvalue weighted by Gasteiger charge is -2.28. The van der Waals surface area contributed by atoms with Gasteiger partial charge in [-0.2, -0.15) is 0 Å². The average Bonchev–Trinajstić information content (AvgIpc) is 3.34. The molecule has 6 aromatic carbocycles. The largest absolute Gasteiger partial charge is 0.0616 e. The van der Waals surface area contributed by atoms with E-state index >= 15 is 0 Å². The molecule has 0 unspecified atom stereocenters. The van der Waals surface area contributed by atoms with Crippen LogP contribution in [0.1, 0.15) is 61.1 Å². The minimum absolute atomic E-state index is 0.0213. The molecule has 0 heteroatoms. The minimum atomic E-state index is -0.0213. The van der Waals surface area contributed by atoms with Gasteiger partial charge in [-0.15, -0.1) is 0 Å². The van der Waals surface area contributed by atoms with Crippen molar-refractivity contribution in [2.45, 2.75) is 51.4 Å². The zero-order chi connectivity index (χ0) is 27.0. The van der Waals surface area contributed by atoms with Gasteiger partial charge in [-0.1, -0.05) is 113 Å². The summed E-state index contributed by atoms with van der Waals surface area (Å²) in [4.78, 5) is 0. The van der Waals surface area contributed by atoms with Gasteiger partial charge in [0.25, 0.3) is 0 Å². The second kappa shape index (κ2) is 7.32. The molecule has 192 valence electrons. The van der Waals surface area contributed by atoms with Gasteiger partial charge in [0.1, 0.15) is 0 Å². The third-order valence-electron chi connectivity index (χ3n) is 10.5. The minimum Gasteiger partial charge on any atom is -0.0616 e. The van der Waals surface area contributed by atoms with E-state index in [-0.39, 0.29) is 10.8 Å². The molecule has 0 aliphatic heterocycles. The van der Waals surface area contributed by atoms with Gasteiger partial charge in [0.2, 0.25) is 0 Å². The normalized spacial score (nSPS) is 16.7. The molecule has 0 amide bonds. The highest BCUT2D eigenvalue weighted by Crippen LogP contribution is 2.56. The van der Waals surface area contributed by atoms with E-state index in [0.717, 1.165) is 12.8 Å². The Bertz CT molecular complexity index is 1950. The molecule has 0 aromatic heterocycles. The van der Waals surface area contributed by atoms with Gasteiger partial charge in [0.15, 0.2) is 0 Å². The van der Waals surface area contributed by atoms with Crippen molar-refractivity contribution in [3.63, 3.8) is 0 Å². The highest BCUT2D eigenvalue weighted by atomic mass is 14.4. The van der Waals surface area contributed by atoms with Crippen LogP contribution in [0.5, 0.6) is 0 Å². The Morgan fingerprint density at radius 1 is 0.425 bits per heavy atom. The maximum Gasteiger partial charge on any atom is 0.0159 e. The van der Waals surface area contributed by atoms with Crippen LogP contribution in [0.4, 0.5) is 0 Å². The van der Waals surface area contributed by atoms with Crippen molar-refractivity contribution in [3.8, 4) is 33.4 Å². The topological polar surface area (TPSA) is 0 Å². The SMILES string of the molecule is CC1(C)c2cc3c(cc2-c2c1ccc1ccccc21)CCc1cc2c(cc1-3)C(C)(C)c1ccc3ccccc3c1-2. The van der Waals surface area contributed by atoms with Crippen molar-refractivity contribution >= 4 is 21.5 Å². The van der Waals surface area contributed by atoms with Gasteiger partial charge in [0.05, 0.1) is 0 Å². The van der Waals surface area contributed by atoms with E-state index in [0.29, 0.717) is 0 Å². The molecule has 3 aliphatic rings. The summed E-state index contributed by atoms with van der Waals surface area (Å²) in [5.41, 5.74) is 17.5. The van der Waals surface area contributed by atoms with Crippen LogP contribution in [0, 0.1) is 0 Å². The Hall–Kier alpha value is -4.16. The predicted molar refractivity (Wildman–Crippen MR) is 169 cm³/mol. The Morgan fingerprint density at radius 2 is 0.850 bits per heavy atom. The molecule has 0 bridgehead atoms. The van der Waals surface area contributed by atoms with Crippen molar-refractivity contribution in [2.75, 3.05) is 0 Å². The Kier molecular flexibility index (Phi) is 4.14. The van der Waals surface area contributed by atoms with Gasteiger partial charge in [-0.25, -0.2) is 0 Å². The summed E-state index contributed by atoms with van der Waals surface area (Å²) < 4.78 is 0. The van der Waals surface area contributed by atoms with Crippen molar-refractivity contribution in [3.05, 3.63) is 130 Å². The van der Waals surface area contributed by atoms with E-state index in [1.54, 1.807) is 0 Å². The first kappa shape index (κ1) is 22.6. The fourth-order valence-electron chi connectivity index (χ4n) is 8.38. The molecular weight excluding hydrogens is 480 g/mol. The molecule has 0 fully saturated rings. The standard InChI is InChI=1S/C40H32/c1-39(2)33-17-15-23-9-5-7-11-27(23)37(33)31-19-25-13-14-26-20-32-36(22-30(26)29(25)21-35(31)39)40(3,4)34-18-16-24-10-6-8-12-28(24)38(32)34/h5-12,15-22H,13-14H2,1-4H3. The number of hydrogen-bond acceptors (Lipinski definition) is 0. The van der Waals surface area contributed by atoms with Gasteiger partial charge < -0.3 is 0 Å². The lowest BCUT2D eigenvalue weighted by Crippen LogP contribution is -2.17.